The summed E-state index contributed by atoms with van der Waals surface area (Å²) in [6.07, 6.45) is 9.33. The molecule has 0 aliphatic carbocycles. The Morgan fingerprint density at radius 2 is 2.14 bits per heavy atom. The van der Waals surface area contributed by atoms with Gasteiger partial charge in [-0.05, 0) is 12.1 Å². The normalized spacial score (nSPS) is 12.4. The number of alkyl halides is 1. The van der Waals surface area contributed by atoms with E-state index >= 15 is 0 Å². The molecule has 0 saturated carbocycles. The molecular formula is C24H32FN7O3. The summed E-state index contributed by atoms with van der Waals surface area (Å²) in [6.45, 7) is 3.80. The summed E-state index contributed by atoms with van der Waals surface area (Å²) in [5.41, 5.74) is 1.46. The molecule has 0 spiro atoms. The molecule has 10 nitrogen and oxygen atoms in total. The molecule has 0 saturated heterocycles. The molecule has 0 unspecified atom stereocenters. The third kappa shape index (κ3) is 7.51. The number of allylic oxidation sites excluding steroid dienone is 3. The van der Waals surface area contributed by atoms with Gasteiger partial charge in [0.1, 0.15) is 18.2 Å². The highest BCUT2D eigenvalue weighted by Gasteiger charge is 2.13. The number of rotatable bonds is 13. The van der Waals surface area contributed by atoms with Gasteiger partial charge in [0.05, 0.1) is 30.3 Å². The third-order valence-electron chi connectivity index (χ3n) is 4.87. The molecule has 35 heavy (non-hydrogen) atoms. The van der Waals surface area contributed by atoms with Crippen LogP contribution in [0.1, 0.15) is 0 Å². The average Bonchev–Trinajstić information content (AvgIpc) is 2.87. The lowest BCUT2D eigenvalue weighted by atomic mass is 10.1. The first-order chi connectivity index (χ1) is 16.9. The Balaban J connectivity index is 2.46. The Morgan fingerprint density at radius 1 is 1.37 bits per heavy atom. The van der Waals surface area contributed by atoms with Crippen LogP contribution in [0.2, 0.25) is 0 Å². The standard InChI is InChI=1S/C24H32FN7O3/c1-6-18(19(12-26)13-27-2)15-30(3)23(29-31(4)17-25)16-32-8-7-22-21(24(32)33)11-20(14-28-22)35-10-9-34-5/h6-8,11-15,26-27H,1,9-10,16-17H2,2-5H3/b18-15+,19-13+,26-12?,29-23-. The highest BCUT2D eigenvalue weighted by molar-refractivity contribution is 5.86. The van der Waals surface area contributed by atoms with Gasteiger partial charge in [-0.3, -0.25) is 14.8 Å². The van der Waals surface area contributed by atoms with Crippen molar-refractivity contribution in [1.29, 1.82) is 5.41 Å². The van der Waals surface area contributed by atoms with Gasteiger partial charge in [0.2, 0.25) is 0 Å². The van der Waals surface area contributed by atoms with Crippen LogP contribution in [0, 0.1) is 5.41 Å². The Morgan fingerprint density at radius 3 is 2.77 bits per heavy atom. The summed E-state index contributed by atoms with van der Waals surface area (Å²) in [5.74, 6) is 0.849. The number of likely N-dealkylation sites (N-methyl/N-ethyl adjacent to an activating group) is 1. The molecule has 0 fully saturated rings. The first kappa shape index (κ1) is 27.3. The van der Waals surface area contributed by atoms with E-state index in [2.05, 4.69) is 22.0 Å². The number of hydrogen-bond donors (Lipinski definition) is 2. The van der Waals surface area contributed by atoms with Gasteiger partial charge in [0.25, 0.3) is 5.56 Å². The van der Waals surface area contributed by atoms with Crippen molar-refractivity contribution in [3.63, 3.8) is 0 Å². The van der Waals surface area contributed by atoms with E-state index in [-0.39, 0.29) is 12.1 Å². The molecule has 11 heteroatoms. The minimum atomic E-state index is -0.806. The van der Waals surface area contributed by atoms with Crippen molar-refractivity contribution in [3.8, 4) is 5.75 Å². The lowest BCUT2D eigenvalue weighted by Crippen LogP contribution is -2.33. The molecule has 2 aromatic rings. The highest BCUT2D eigenvalue weighted by Crippen LogP contribution is 2.16. The van der Waals surface area contributed by atoms with Gasteiger partial charge in [-0.15, -0.1) is 0 Å². The van der Waals surface area contributed by atoms with E-state index < -0.39 is 6.80 Å². The SMILES string of the molecule is C=CC(=C\N(C)/C(Cn1ccc2ncc(OCCOC)cc2c1=O)=N\N(C)CF)/C(C=N)=C/NC. The van der Waals surface area contributed by atoms with E-state index in [1.54, 1.807) is 69.1 Å². The number of hydrogen-bond acceptors (Lipinski definition) is 8. The minimum absolute atomic E-state index is 0.0565. The van der Waals surface area contributed by atoms with Crippen molar-refractivity contribution in [3.05, 3.63) is 71.1 Å². The van der Waals surface area contributed by atoms with Gasteiger partial charge in [0.15, 0.2) is 6.80 Å². The number of fused-ring (bicyclic) bond motifs is 1. The summed E-state index contributed by atoms with van der Waals surface area (Å²) in [6, 6.07) is 3.36. The molecule has 0 atom stereocenters. The summed E-state index contributed by atoms with van der Waals surface area (Å²) >= 11 is 0. The van der Waals surface area contributed by atoms with Crippen LogP contribution < -0.4 is 15.6 Å². The predicted molar refractivity (Wildman–Crippen MR) is 137 cm³/mol. The topological polar surface area (TPSA) is 108 Å². The molecule has 0 amide bonds. The second-order valence-corrected chi connectivity index (χ2v) is 7.42. The van der Waals surface area contributed by atoms with E-state index in [1.165, 1.54) is 17.8 Å². The molecule has 0 bridgehead atoms. The van der Waals surface area contributed by atoms with Crippen molar-refractivity contribution in [2.45, 2.75) is 6.54 Å². The summed E-state index contributed by atoms with van der Waals surface area (Å²) in [5, 5.41) is 16.4. The van der Waals surface area contributed by atoms with Crippen molar-refractivity contribution < 1.29 is 13.9 Å². The lowest BCUT2D eigenvalue weighted by molar-refractivity contribution is 0.146. The van der Waals surface area contributed by atoms with Crippen molar-refractivity contribution in [1.82, 2.24) is 24.8 Å². The minimum Gasteiger partial charge on any atom is -0.490 e. The van der Waals surface area contributed by atoms with Gasteiger partial charge >= 0.3 is 0 Å². The number of hydrazone groups is 1. The molecule has 2 rings (SSSR count). The average molecular weight is 486 g/mol. The fourth-order valence-corrected chi connectivity index (χ4v) is 3.07. The van der Waals surface area contributed by atoms with E-state index in [9.17, 15) is 9.18 Å². The Hall–Kier alpha value is -3.99. The fourth-order valence-electron chi connectivity index (χ4n) is 3.07. The highest BCUT2D eigenvalue weighted by atomic mass is 19.1. The molecule has 2 heterocycles. The van der Waals surface area contributed by atoms with Gasteiger partial charge in [-0.25, -0.2) is 4.39 Å². The first-order valence-electron chi connectivity index (χ1n) is 10.8. The summed E-state index contributed by atoms with van der Waals surface area (Å²) in [7, 11) is 6.52. The first-order valence-corrected chi connectivity index (χ1v) is 10.8. The van der Waals surface area contributed by atoms with E-state index in [0.29, 0.717) is 46.8 Å². The largest absolute Gasteiger partial charge is 0.490 e. The number of halogens is 1. The van der Waals surface area contributed by atoms with Crippen LogP contribution in [0.25, 0.3) is 10.9 Å². The van der Waals surface area contributed by atoms with Crippen LogP contribution in [0.15, 0.2) is 70.6 Å². The zero-order chi connectivity index (χ0) is 25.8. The maximum absolute atomic E-state index is 13.2. The quantitative estimate of drug-likeness (QED) is 0.112. The summed E-state index contributed by atoms with van der Waals surface area (Å²) in [4.78, 5) is 19.2. The molecule has 0 aliphatic heterocycles. The van der Waals surface area contributed by atoms with Crippen LogP contribution in [0.5, 0.6) is 5.75 Å². The second-order valence-electron chi connectivity index (χ2n) is 7.42. The van der Waals surface area contributed by atoms with Crippen LogP contribution in [0.3, 0.4) is 0 Å². The van der Waals surface area contributed by atoms with Crippen LogP contribution >= 0.6 is 0 Å². The maximum atomic E-state index is 13.2. The van der Waals surface area contributed by atoms with E-state index in [0.717, 1.165) is 5.01 Å². The second kappa shape index (κ2) is 13.7. The lowest BCUT2D eigenvalue weighted by Gasteiger charge is -2.22. The zero-order valence-electron chi connectivity index (χ0n) is 20.5. The molecule has 2 aromatic heterocycles. The number of pyridine rings is 2. The molecule has 188 valence electrons. The number of amidine groups is 1. The van der Waals surface area contributed by atoms with Crippen LogP contribution in [-0.2, 0) is 11.3 Å². The van der Waals surface area contributed by atoms with E-state index in [4.69, 9.17) is 14.9 Å². The van der Waals surface area contributed by atoms with Gasteiger partial charge in [-0.2, -0.15) is 5.10 Å². The zero-order valence-corrected chi connectivity index (χ0v) is 20.5. The third-order valence-corrected chi connectivity index (χ3v) is 4.87. The smallest absolute Gasteiger partial charge is 0.260 e. The monoisotopic (exact) mass is 485 g/mol. The summed E-state index contributed by atoms with van der Waals surface area (Å²) < 4.78 is 25.3. The Bertz CT molecular complexity index is 1170. The van der Waals surface area contributed by atoms with Crippen molar-refractivity contribution >= 4 is 23.0 Å². The maximum Gasteiger partial charge on any atom is 0.260 e. The van der Waals surface area contributed by atoms with Crippen LogP contribution in [0.4, 0.5) is 4.39 Å². The Labute approximate surface area is 204 Å². The molecule has 0 aromatic carbocycles. The Kier molecular flexibility index (Phi) is 10.6. The van der Waals surface area contributed by atoms with E-state index in [1.807, 2.05) is 0 Å². The number of ether oxygens (including phenoxy) is 2. The van der Waals surface area contributed by atoms with Crippen molar-refractivity contribution in [2.24, 2.45) is 5.10 Å². The van der Waals surface area contributed by atoms with Gasteiger partial charge < -0.3 is 29.7 Å². The molecule has 0 radical (unpaired) electrons. The fraction of sp³-hybridized carbons (Fsp3) is 0.333. The van der Waals surface area contributed by atoms with Crippen LogP contribution in [-0.4, -0.2) is 79.8 Å². The van der Waals surface area contributed by atoms with Gasteiger partial charge in [0, 0.05) is 64.2 Å². The molecule has 2 N–H and O–H groups in total. The van der Waals surface area contributed by atoms with Crippen molar-refractivity contribution in [2.75, 3.05) is 48.3 Å². The predicted octanol–water partition coefficient (Wildman–Crippen LogP) is 2.35. The number of aromatic nitrogens is 2. The number of nitrogens with one attached hydrogen (secondary N) is 2. The molecule has 0 aliphatic rings. The van der Waals surface area contributed by atoms with Gasteiger partial charge in [-0.1, -0.05) is 12.7 Å². The molecular weight excluding hydrogens is 453 g/mol. The number of methoxy groups -OCH3 is 1. The number of nitrogens with zero attached hydrogens (tertiary/aromatic N) is 5.